The van der Waals surface area contributed by atoms with Gasteiger partial charge in [0.15, 0.2) is 5.16 Å². The molecule has 1 aromatic heterocycles. The molecule has 0 saturated heterocycles. The van der Waals surface area contributed by atoms with Crippen molar-refractivity contribution < 1.29 is 8.42 Å². The van der Waals surface area contributed by atoms with E-state index in [1.807, 2.05) is 0 Å². The lowest BCUT2D eigenvalue weighted by Gasteiger charge is -2.11. The van der Waals surface area contributed by atoms with E-state index in [0.29, 0.717) is 10.9 Å². The summed E-state index contributed by atoms with van der Waals surface area (Å²) in [5, 5.41) is 0.499. The first-order chi connectivity index (χ1) is 7.37. The number of nitrogens with zero attached hydrogens (tertiary/aromatic N) is 2. The number of anilines is 1. The third-order valence-electron chi connectivity index (χ3n) is 2.20. The summed E-state index contributed by atoms with van der Waals surface area (Å²) in [4.78, 5) is 15.7. The van der Waals surface area contributed by atoms with Crippen molar-refractivity contribution in [3.8, 4) is 0 Å². The van der Waals surface area contributed by atoms with Gasteiger partial charge in [0.25, 0.3) is 5.56 Å². The molecule has 1 atom stereocenters. The maximum absolute atomic E-state index is 11.7. The lowest BCUT2D eigenvalue weighted by molar-refractivity contribution is 0.530. The first kappa shape index (κ1) is 11.5. The van der Waals surface area contributed by atoms with Crippen LogP contribution in [0.4, 0.5) is 5.82 Å². The number of sulfone groups is 1. The van der Waals surface area contributed by atoms with Crippen molar-refractivity contribution in [3.63, 3.8) is 0 Å². The third-order valence-corrected chi connectivity index (χ3v) is 4.29. The van der Waals surface area contributed by atoms with Crippen molar-refractivity contribution in [2.75, 3.05) is 23.5 Å². The molecular weight excluding hydrogens is 250 g/mol. The summed E-state index contributed by atoms with van der Waals surface area (Å²) >= 11 is 1.35. The highest BCUT2D eigenvalue weighted by Crippen LogP contribution is 2.30. The van der Waals surface area contributed by atoms with Gasteiger partial charge in [0.05, 0.1) is 11.8 Å². The van der Waals surface area contributed by atoms with E-state index in [4.69, 9.17) is 5.73 Å². The number of nitrogens with two attached hydrogens (primary N) is 1. The topological polar surface area (TPSA) is 95.1 Å². The van der Waals surface area contributed by atoms with E-state index in [2.05, 4.69) is 4.98 Å². The maximum atomic E-state index is 11.7. The first-order valence-corrected chi connectivity index (χ1v) is 7.61. The monoisotopic (exact) mass is 261 g/mol. The standard InChI is InChI=1S/C8H11N3O3S2/c1-16(13,14)4-5-3-15-8-10-6(9)2-7(12)11(5)8/h2,5H,3-4,9H2,1H3/t5-/m0/s1. The number of rotatable bonds is 2. The summed E-state index contributed by atoms with van der Waals surface area (Å²) in [5.74, 6) is 0.667. The largest absolute Gasteiger partial charge is 0.383 e. The zero-order valence-corrected chi connectivity index (χ0v) is 10.2. The molecule has 0 spiro atoms. The van der Waals surface area contributed by atoms with Crippen LogP contribution in [-0.2, 0) is 9.84 Å². The van der Waals surface area contributed by atoms with Crippen molar-refractivity contribution >= 4 is 27.4 Å². The summed E-state index contributed by atoms with van der Waals surface area (Å²) in [7, 11) is -3.11. The van der Waals surface area contributed by atoms with Crippen molar-refractivity contribution in [2.45, 2.75) is 11.2 Å². The number of thioether (sulfide) groups is 1. The Bertz CT molecular complexity index is 579. The molecule has 0 saturated carbocycles. The van der Waals surface area contributed by atoms with E-state index in [0.717, 1.165) is 6.26 Å². The summed E-state index contributed by atoms with van der Waals surface area (Å²) in [6.45, 7) is 0. The van der Waals surface area contributed by atoms with Crippen molar-refractivity contribution in [1.82, 2.24) is 9.55 Å². The molecule has 6 nitrogen and oxygen atoms in total. The highest BCUT2D eigenvalue weighted by Gasteiger charge is 2.28. The molecule has 0 aliphatic carbocycles. The molecule has 1 aliphatic heterocycles. The van der Waals surface area contributed by atoms with Gasteiger partial charge in [-0.25, -0.2) is 13.4 Å². The zero-order chi connectivity index (χ0) is 11.9. The molecule has 16 heavy (non-hydrogen) atoms. The van der Waals surface area contributed by atoms with E-state index < -0.39 is 9.84 Å². The minimum Gasteiger partial charge on any atom is -0.383 e. The Balaban J connectivity index is 2.44. The Kier molecular flexibility index (Phi) is 2.70. The Hall–Kier alpha value is -1.02. The van der Waals surface area contributed by atoms with E-state index >= 15 is 0 Å². The molecule has 0 bridgehead atoms. The van der Waals surface area contributed by atoms with Crippen LogP contribution in [0.2, 0.25) is 0 Å². The molecule has 0 unspecified atom stereocenters. The maximum Gasteiger partial charge on any atom is 0.256 e. The number of fused-ring (bicyclic) bond motifs is 1. The first-order valence-electron chi connectivity index (χ1n) is 4.56. The van der Waals surface area contributed by atoms with E-state index in [9.17, 15) is 13.2 Å². The van der Waals surface area contributed by atoms with Gasteiger partial charge in [-0.3, -0.25) is 9.36 Å². The quantitative estimate of drug-likeness (QED) is 0.722. The predicted molar refractivity (Wildman–Crippen MR) is 62.4 cm³/mol. The van der Waals surface area contributed by atoms with Gasteiger partial charge in [-0.2, -0.15) is 0 Å². The Labute approximate surface area is 96.8 Å². The lowest BCUT2D eigenvalue weighted by atomic mass is 10.4. The average Bonchev–Trinajstić information content (AvgIpc) is 2.44. The van der Waals surface area contributed by atoms with Crippen molar-refractivity contribution in [2.24, 2.45) is 0 Å². The summed E-state index contributed by atoms with van der Waals surface area (Å²) in [5.41, 5.74) is 5.16. The van der Waals surface area contributed by atoms with Gasteiger partial charge in [-0.15, -0.1) is 0 Å². The molecular formula is C8H11N3O3S2. The van der Waals surface area contributed by atoms with Gasteiger partial charge in [0.1, 0.15) is 15.7 Å². The number of hydrogen-bond acceptors (Lipinski definition) is 6. The van der Waals surface area contributed by atoms with Crippen LogP contribution in [0.15, 0.2) is 16.0 Å². The average molecular weight is 261 g/mol. The van der Waals surface area contributed by atoms with E-state index in [-0.39, 0.29) is 23.2 Å². The molecule has 0 radical (unpaired) electrons. The molecule has 0 amide bonds. The molecule has 2 heterocycles. The van der Waals surface area contributed by atoms with Gasteiger partial charge in [0.2, 0.25) is 0 Å². The molecule has 2 N–H and O–H groups in total. The van der Waals surface area contributed by atoms with Crippen LogP contribution in [-0.4, -0.2) is 35.7 Å². The normalized spacial score (nSPS) is 19.7. The van der Waals surface area contributed by atoms with Crippen LogP contribution >= 0.6 is 11.8 Å². The van der Waals surface area contributed by atoms with Crippen molar-refractivity contribution in [3.05, 3.63) is 16.4 Å². The van der Waals surface area contributed by atoms with Crippen LogP contribution < -0.4 is 11.3 Å². The van der Waals surface area contributed by atoms with Crippen LogP contribution in [0.5, 0.6) is 0 Å². The third kappa shape index (κ3) is 2.22. The minimum atomic E-state index is -3.11. The fourth-order valence-corrected chi connectivity index (χ4v) is 3.91. The highest BCUT2D eigenvalue weighted by molar-refractivity contribution is 7.99. The summed E-state index contributed by atoms with van der Waals surface area (Å²) < 4.78 is 23.8. The van der Waals surface area contributed by atoms with Crippen LogP contribution in [0.3, 0.4) is 0 Å². The number of hydrogen-bond donors (Lipinski definition) is 1. The molecule has 0 aromatic carbocycles. The predicted octanol–water partition coefficient (Wildman–Crippen LogP) is -0.483. The van der Waals surface area contributed by atoms with E-state index in [1.165, 1.54) is 22.4 Å². The molecule has 8 heteroatoms. The van der Waals surface area contributed by atoms with Gasteiger partial charge >= 0.3 is 0 Å². The second kappa shape index (κ2) is 3.77. The van der Waals surface area contributed by atoms with Crippen molar-refractivity contribution in [1.29, 1.82) is 0 Å². The Morgan fingerprint density at radius 3 is 3.00 bits per heavy atom. The SMILES string of the molecule is CS(=O)(=O)C[C@@H]1CSc2nc(N)cc(=O)n21. The fourth-order valence-electron chi connectivity index (χ4n) is 1.64. The number of aromatic nitrogens is 2. The fraction of sp³-hybridized carbons (Fsp3) is 0.500. The van der Waals surface area contributed by atoms with Crippen LogP contribution in [0.25, 0.3) is 0 Å². The molecule has 2 rings (SSSR count). The highest BCUT2D eigenvalue weighted by atomic mass is 32.2. The molecule has 0 fully saturated rings. The van der Waals surface area contributed by atoms with Crippen LogP contribution in [0.1, 0.15) is 6.04 Å². The van der Waals surface area contributed by atoms with Crippen LogP contribution in [0, 0.1) is 0 Å². The van der Waals surface area contributed by atoms with Gasteiger partial charge in [-0.05, 0) is 0 Å². The van der Waals surface area contributed by atoms with E-state index in [1.54, 1.807) is 0 Å². The minimum absolute atomic E-state index is 0.0432. The smallest absolute Gasteiger partial charge is 0.256 e. The molecule has 1 aliphatic rings. The number of nitrogen functional groups attached to an aromatic ring is 1. The van der Waals surface area contributed by atoms with Gasteiger partial charge < -0.3 is 5.73 Å². The molecule has 88 valence electrons. The molecule has 1 aromatic rings. The Morgan fingerprint density at radius 1 is 1.69 bits per heavy atom. The van der Waals surface area contributed by atoms with Gasteiger partial charge in [0, 0.05) is 18.1 Å². The zero-order valence-electron chi connectivity index (χ0n) is 8.58. The van der Waals surface area contributed by atoms with Gasteiger partial charge in [-0.1, -0.05) is 11.8 Å². The second-order valence-electron chi connectivity index (χ2n) is 3.73. The lowest BCUT2D eigenvalue weighted by Crippen LogP contribution is -2.28. The Morgan fingerprint density at radius 2 is 2.38 bits per heavy atom. The second-order valence-corrected chi connectivity index (χ2v) is 6.90. The summed E-state index contributed by atoms with van der Waals surface area (Å²) in [6, 6.07) is 0.876. The summed E-state index contributed by atoms with van der Waals surface area (Å²) in [6.07, 6.45) is 1.16.